The molecule has 3 aromatic rings. The molecule has 1 saturated heterocycles. The lowest BCUT2D eigenvalue weighted by atomic mass is 10.0. The maximum atomic E-state index is 13.4. The van der Waals surface area contributed by atoms with Gasteiger partial charge in [0.1, 0.15) is 11.9 Å². The van der Waals surface area contributed by atoms with Gasteiger partial charge in [0.05, 0.1) is 29.1 Å². The maximum absolute atomic E-state index is 13.4. The van der Waals surface area contributed by atoms with Gasteiger partial charge in [0.25, 0.3) is 0 Å². The molecule has 0 bridgehead atoms. The van der Waals surface area contributed by atoms with E-state index in [1.54, 1.807) is 16.8 Å². The van der Waals surface area contributed by atoms with Crippen molar-refractivity contribution in [2.45, 2.75) is 25.0 Å². The average molecular weight is 405 g/mol. The number of nitrogens with zero attached hydrogens (tertiary/aromatic N) is 4. The Kier molecular flexibility index (Phi) is 5.68. The zero-order valence-corrected chi connectivity index (χ0v) is 16.8. The molecule has 1 aliphatic rings. The van der Waals surface area contributed by atoms with Gasteiger partial charge in [0, 0.05) is 32.0 Å². The summed E-state index contributed by atoms with van der Waals surface area (Å²) >= 11 is 0. The van der Waals surface area contributed by atoms with E-state index in [0.29, 0.717) is 18.4 Å². The number of aliphatic hydroxyl groups is 1. The second-order valence-corrected chi connectivity index (χ2v) is 7.61. The number of rotatable bonds is 5. The van der Waals surface area contributed by atoms with Gasteiger partial charge in [-0.3, -0.25) is 4.68 Å². The summed E-state index contributed by atoms with van der Waals surface area (Å²) in [5.41, 5.74) is 3.92. The van der Waals surface area contributed by atoms with Crippen molar-refractivity contribution in [2.24, 2.45) is 7.05 Å². The first-order valence-corrected chi connectivity index (χ1v) is 10.0. The van der Waals surface area contributed by atoms with Crippen LogP contribution >= 0.6 is 0 Å². The molecule has 0 radical (unpaired) electrons. The van der Waals surface area contributed by atoms with Gasteiger partial charge in [-0.1, -0.05) is 12.1 Å². The number of nitriles is 1. The lowest BCUT2D eigenvalue weighted by Crippen LogP contribution is -2.36. The summed E-state index contributed by atoms with van der Waals surface area (Å²) in [6.45, 7) is 1.46. The largest absolute Gasteiger partial charge is 0.393 e. The number of aryl methyl sites for hydroxylation is 1. The third kappa shape index (κ3) is 4.29. The van der Waals surface area contributed by atoms with Crippen LogP contribution in [0, 0.1) is 17.1 Å². The van der Waals surface area contributed by atoms with E-state index in [9.17, 15) is 14.8 Å². The number of hydrogen-bond acceptors (Lipinski definition) is 5. The lowest BCUT2D eigenvalue weighted by Gasteiger charge is -2.32. The molecular formula is C23H24FN5O. The van der Waals surface area contributed by atoms with Gasteiger partial charge in [-0.25, -0.2) is 4.39 Å². The van der Waals surface area contributed by atoms with Crippen LogP contribution in [0.1, 0.15) is 35.7 Å². The van der Waals surface area contributed by atoms with Crippen molar-refractivity contribution in [3.8, 4) is 6.07 Å². The molecule has 30 heavy (non-hydrogen) atoms. The van der Waals surface area contributed by atoms with E-state index in [1.807, 2.05) is 37.5 Å². The number of aliphatic hydroxyl groups excluding tert-OH is 1. The molecule has 1 unspecified atom stereocenters. The topological polar surface area (TPSA) is 77.1 Å². The Hall–Kier alpha value is -3.37. The Morgan fingerprint density at radius 3 is 2.53 bits per heavy atom. The predicted molar refractivity (Wildman–Crippen MR) is 114 cm³/mol. The third-order valence-electron chi connectivity index (χ3n) is 5.47. The van der Waals surface area contributed by atoms with Crippen molar-refractivity contribution < 1.29 is 9.50 Å². The van der Waals surface area contributed by atoms with E-state index in [4.69, 9.17) is 0 Å². The Labute approximate surface area is 175 Å². The molecule has 0 spiro atoms. The Bertz CT molecular complexity index is 1050. The van der Waals surface area contributed by atoms with Crippen LogP contribution < -0.4 is 10.2 Å². The number of nitrogens with one attached hydrogen (secondary N) is 1. The highest BCUT2D eigenvalue weighted by molar-refractivity contribution is 5.66. The van der Waals surface area contributed by atoms with Crippen LogP contribution in [0.15, 0.2) is 54.7 Å². The van der Waals surface area contributed by atoms with Crippen LogP contribution in [0.2, 0.25) is 0 Å². The second kappa shape index (κ2) is 8.56. The summed E-state index contributed by atoms with van der Waals surface area (Å²) in [6, 6.07) is 16.0. The van der Waals surface area contributed by atoms with Gasteiger partial charge in [-0.2, -0.15) is 10.4 Å². The first-order valence-electron chi connectivity index (χ1n) is 10.0. The van der Waals surface area contributed by atoms with Crippen molar-refractivity contribution in [1.82, 2.24) is 9.78 Å². The summed E-state index contributed by atoms with van der Waals surface area (Å²) in [7, 11) is 1.85. The maximum Gasteiger partial charge on any atom is 0.123 e. The highest BCUT2D eigenvalue weighted by Crippen LogP contribution is 2.30. The highest BCUT2D eigenvalue weighted by atomic mass is 19.1. The molecule has 0 amide bonds. The summed E-state index contributed by atoms with van der Waals surface area (Å²) in [4.78, 5) is 2.14. The molecule has 154 valence electrons. The van der Waals surface area contributed by atoms with Crippen molar-refractivity contribution in [2.75, 3.05) is 23.3 Å². The van der Waals surface area contributed by atoms with Gasteiger partial charge in [0.15, 0.2) is 0 Å². The molecule has 0 saturated carbocycles. The molecule has 2 N–H and O–H groups in total. The Balaban J connectivity index is 1.63. The first kappa shape index (κ1) is 19.9. The number of benzene rings is 2. The lowest BCUT2D eigenvalue weighted by molar-refractivity contribution is 0.145. The molecule has 1 atom stereocenters. The molecule has 1 aliphatic heterocycles. The molecule has 0 aliphatic carbocycles. The van der Waals surface area contributed by atoms with Gasteiger partial charge in [-0.05, 0) is 54.8 Å². The second-order valence-electron chi connectivity index (χ2n) is 7.61. The van der Waals surface area contributed by atoms with Crippen LogP contribution in [0.4, 0.5) is 15.8 Å². The molecule has 1 fully saturated rings. The first-order chi connectivity index (χ1) is 14.5. The number of anilines is 2. The van der Waals surface area contributed by atoms with Crippen LogP contribution in [0.5, 0.6) is 0 Å². The van der Waals surface area contributed by atoms with Gasteiger partial charge >= 0.3 is 0 Å². The summed E-state index contributed by atoms with van der Waals surface area (Å²) in [6.07, 6.45) is 3.01. The standard InChI is InChI=1S/C23H24FN5O/c1-28-11-10-21(27-28)23(16-2-4-18(24)5-3-16)26-19-6-7-22(17(14-19)15-25)29-12-8-20(30)9-13-29/h2-7,10-11,14,20,23,26,30H,8-9,12-13H2,1H3. The van der Waals surface area contributed by atoms with E-state index in [-0.39, 0.29) is 18.0 Å². The minimum atomic E-state index is -0.290. The van der Waals surface area contributed by atoms with Crippen LogP contribution in [-0.2, 0) is 7.05 Å². The summed E-state index contributed by atoms with van der Waals surface area (Å²) in [5, 5.41) is 27.4. The number of aromatic nitrogens is 2. The molecule has 2 aromatic carbocycles. The van der Waals surface area contributed by atoms with Crippen LogP contribution in [-0.4, -0.2) is 34.1 Å². The molecule has 4 rings (SSSR count). The van der Waals surface area contributed by atoms with Crippen molar-refractivity contribution in [3.63, 3.8) is 0 Å². The van der Waals surface area contributed by atoms with E-state index >= 15 is 0 Å². The SMILES string of the molecule is Cn1ccc(C(Nc2ccc(N3CCC(O)CC3)c(C#N)c2)c2ccc(F)cc2)n1. The number of piperidine rings is 1. The fourth-order valence-corrected chi connectivity index (χ4v) is 3.83. The van der Waals surface area contributed by atoms with Crippen LogP contribution in [0.25, 0.3) is 0 Å². The third-order valence-corrected chi connectivity index (χ3v) is 5.47. The van der Waals surface area contributed by atoms with E-state index < -0.39 is 0 Å². The zero-order valence-electron chi connectivity index (χ0n) is 16.8. The normalized spacial score (nSPS) is 15.6. The quantitative estimate of drug-likeness (QED) is 0.678. The summed E-state index contributed by atoms with van der Waals surface area (Å²) in [5.74, 6) is -0.290. The smallest absolute Gasteiger partial charge is 0.123 e. The van der Waals surface area contributed by atoms with Gasteiger partial charge < -0.3 is 15.3 Å². The van der Waals surface area contributed by atoms with Crippen molar-refractivity contribution in [3.05, 3.63) is 77.4 Å². The van der Waals surface area contributed by atoms with E-state index in [1.165, 1.54) is 12.1 Å². The minimum Gasteiger partial charge on any atom is -0.393 e. The Morgan fingerprint density at radius 1 is 1.17 bits per heavy atom. The van der Waals surface area contributed by atoms with Gasteiger partial charge in [-0.15, -0.1) is 0 Å². The van der Waals surface area contributed by atoms with E-state index in [2.05, 4.69) is 21.4 Å². The molecule has 1 aromatic heterocycles. The summed E-state index contributed by atoms with van der Waals surface area (Å²) < 4.78 is 15.2. The number of hydrogen-bond donors (Lipinski definition) is 2. The monoisotopic (exact) mass is 405 g/mol. The molecular weight excluding hydrogens is 381 g/mol. The highest BCUT2D eigenvalue weighted by Gasteiger charge is 2.21. The van der Waals surface area contributed by atoms with Crippen molar-refractivity contribution in [1.29, 1.82) is 5.26 Å². The molecule has 2 heterocycles. The fraction of sp³-hybridized carbons (Fsp3) is 0.304. The number of halogens is 1. The average Bonchev–Trinajstić information content (AvgIpc) is 3.19. The fourth-order valence-electron chi connectivity index (χ4n) is 3.83. The molecule has 6 nitrogen and oxygen atoms in total. The van der Waals surface area contributed by atoms with Gasteiger partial charge in [0.2, 0.25) is 0 Å². The van der Waals surface area contributed by atoms with Crippen molar-refractivity contribution >= 4 is 11.4 Å². The Morgan fingerprint density at radius 2 is 1.90 bits per heavy atom. The zero-order chi connectivity index (χ0) is 21.1. The molecule has 7 heteroatoms. The van der Waals surface area contributed by atoms with E-state index in [0.717, 1.165) is 35.7 Å². The minimum absolute atomic E-state index is 0.262. The predicted octanol–water partition coefficient (Wildman–Crippen LogP) is 3.59. The van der Waals surface area contributed by atoms with Crippen LogP contribution in [0.3, 0.4) is 0 Å².